The molecule has 0 aromatic heterocycles. The van der Waals surface area contributed by atoms with Crippen LogP contribution in [-0.4, -0.2) is 16.9 Å². The van der Waals surface area contributed by atoms with Crippen molar-refractivity contribution >= 4 is 11.8 Å². The minimum atomic E-state index is -0.655. The van der Waals surface area contributed by atoms with Crippen LogP contribution in [0.25, 0.3) is 0 Å². The maximum Gasteiger partial charge on any atom is 0.306 e. The zero-order valence-corrected chi connectivity index (χ0v) is 19.6. The van der Waals surface area contributed by atoms with E-state index in [4.69, 9.17) is 5.11 Å². The molecular formula is C27H42O3. The Labute approximate surface area is 183 Å². The lowest BCUT2D eigenvalue weighted by Gasteiger charge is -2.58. The van der Waals surface area contributed by atoms with Crippen LogP contribution in [0.5, 0.6) is 0 Å². The van der Waals surface area contributed by atoms with E-state index in [1.165, 1.54) is 44.1 Å². The lowest BCUT2D eigenvalue weighted by Crippen LogP contribution is -2.50. The van der Waals surface area contributed by atoms with Crippen LogP contribution in [0.2, 0.25) is 0 Å². The molecule has 8 atom stereocenters. The predicted molar refractivity (Wildman–Crippen MR) is 120 cm³/mol. The van der Waals surface area contributed by atoms with Gasteiger partial charge in [-0.1, -0.05) is 46.1 Å². The molecule has 3 heteroatoms. The SMILES string of the molecule is C[C@H](CCC[C@@H](C)C1CCC2C3CCC4=CC(=O)CC[C@]4(C)C3CC[C@@]21C)C(=O)O. The van der Waals surface area contributed by atoms with Gasteiger partial charge in [0, 0.05) is 6.42 Å². The fraction of sp³-hybridized carbons (Fsp3) is 0.852. The Balaban J connectivity index is 1.44. The average Bonchev–Trinajstić information content (AvgIpc) is 3.05. The summed E-state index contributed by atoms with van der Waals surface area (Å²) >= 11 is 0. The molecule has 0 amide bonds. The van der Waals surface area contributed by atoms with Gasteiger partial charge in [-0.05, 0) is 97.9 Å². The van der Waals surface area contributed by atoms with Crippen LogP contribution < -0.4 is 0 Å². The van der Waals surface area contributed by atoms with Crippen molar-refractivity contribution in [1.82, 2.24) is 0 Å². The number of fused-ring (bicyclic) bond motifs is 5. The molecule has 4 unspecified atom stereocenters. The average molecular weight is 415 g/mol. The fourth-order valence-corrected chi connectivity index (χ4v) is 8.61. The van der Waals surface area contributed by atoms with Gasteiger partial charge in [0.2, 0.25) is 0 Å². The third-order valence-electron chi connectivity index (χ3n) is 10.4. The first kappa shape index (κ1) is 22.1. The molecule has 0 heterocycles. The molecule has 0 aliphatic heterocycles. The highest BCUT2D eigenvalue weighted by molar-refractivity contribution is 5.91. The minimum absolute atomic E-state index is 0.216. The molecule has 0 bridgehead atoms. The lowest BCUT2D eigenvalue weighted by molar-refractivity contribution is -0.141. The van der Waals surface area contributed by atoms with E-state index in [1.54, 1.807) is 0 Å². The smallest absolute Gasteiger partial charge is 0.306 e. The van der Waals surface area contributed by atoms with Gasteiger partial charge in [-0.3, -0.25) is 9.59 Å². The molecule has 168 valence electrons. The number of allylic oxidation sites excluding steroid dienone is 1. The highest BCUT2D eigenvalue weighted by Crippen LogP contribution is 2.67. The van der Waals surface area contributed by atoms with Crippen molar-refractivity contribution in [2.75, 3.05) is 0 Å². The van der Waals surface area contributed by atoms with E-state index < -0.39 is 5.97 Å². The topological polar surface area (TPSA) is 54.4 Å². The number of rotatable bonds is 6. The second-order valence-corrected chi connectivity index (χ2v) is 11.8. The highest BCUT2D eigenvalue weighted by atomic mass is 16.4. The van der Waals surface area contributed by atoms with Gasteiger partial charge in [0.25, 0.3) is 0 Å². The molecule has 0 saturated heterocycles. The second kappa shape index (κ2) is 8.10. The third kappa shape index (κ3) is 3.58. The maximum atomic E-state index is 12.0. The first-order valence-corrected chi connectivity index (χ1v) is 12.6. The van der Waals surface area contributed by atoms with Crippen LogP contribution in [0.15, 0.2) is 11.6 Å². The molecule has 3 fully saturated rings. The largest absolute Gasteiger partial charge is 0.481 e. The second-order valence-electron chi connectivity index (χ2n) is 11.8. The Bertz CT molecular complexity index is 724. The van der Waals surface area contributed by atoms with Gasteiger partial charge in [0.1, 0.15) is 0 Å². The summed E-state index contributed by atoms with van der Waals surface area (Å²) in [7, 11) is 0. The summed E-state index contributed by atoms with van der Waals surface area (Å²) in [6, 6.07) is 0. The monoisotopic (exact) mass is 414 g/mol. The lowest BCUT2D eigenvalue weighted by atomic mass is 9.46. The number of carboxylic acids is 1. The summed E-state index contributed by atoms with van der Waals surface area (Å²) in [5.74, 6) is 3.43. The van der Waals surface area contributed by atoms with Crippen molar-refractivity contribution in [2.45, 2.75) is 98.3 Å². The molecule has 0 aromatic rings. The number of aliphatic carboxylic acids is 1. The van der Waals surface area contributed by atoms with Crippen LogP contribution in [0.3, 0.4) is 0 Å². The zero-order chi connectivity index (χ0) is 21.7. The van der Waals surface area contributed by atoms with Crippen molar-refractivity contribution in [1.29, 1.82) is 0 Å². The summed E-state index contributed by atoms with van der Waals surface area (Å²) in [5, 5.41) is 9.16. The molecule has 4 rings (SSSR count). The van der Waals surface area contributed by atoms with Crippen LogP contribution in [0, 0.1) is 46.3 Å². The van der Waals surface area contributed by atoms with Gasteiger partial charge in [0.05, 0.1) is 5.92 Å². The van der Waals surface area contributed by atoms with E-state index in [9.17, 15) is 9.59 Å². The Morgan fingerprint density at radius 2 is 1.83 bits per heavy atom. The molecule has 3 saturated carbocycles. The Morgan fingerprint density at radius 1 is 1.07 bits per heavy atom. The molecule has 4 aliphatic rings. The zero-order valence-electron chi connectivity index (χ0n) is 19.6. The van der Waals surface area contributed by atoms with E-state index in [1.807, 2.05) is 13.0 Å². The summed E-state index contributed by atoms with van der Waals surface area (Å²) in [4.78, 5) is 23.2. The summed E-state index contributed by atoms with van der Waals surface area (Å²) in [6.07, 6.45) is 14.7. The number of carbonyl (C=O) groups excluding carboxylic acids is 1. The normalized spacial score (nSPS) is 42.5. The molecule has 0 spiro atoms. The summed E-state index contributed by atoms with van der Waals surface area (Å²) < 4.78 is 0. The highest BCUT2D eigenvalue weighted by Gasteiger charge is 2.59. The molecule has 1 N–H and O–H groups in total. The van der Waals surface area contributed by atoms with E-state index in [0.29, 0.717) is 17.1 Å². The first-order chi connectivity index (χ1) is 14.2. The van der Waals surface area contributed by atoms with Crippen molar-refractivity contribution in [3.8, 4) is 0 Å². The molecule has 3 nitrogen and oxygen atoms in total. The summed E-state index contributed by atoms with van der Waals surface area (Å²) in [6.45, 7) is 9.35. The number of carbonyl (C=O) groups is 2. The number of carboxylic acid groups (broad SMARTS) is 1. The van der Waals surface area contributed by atoms with Gasteiger partial charge < -0.3 is 5.11 Å². The maximum absolute atomic E-state index is 12.0. The number of hydrogen-bond donors (Lipinski definition) is 1. The fourth-order valence-electron chi connectivity index (χ4n) is 8.61. The van der Waals surface area contributed by atoms with Gasteiger partial charge in [-0.2, -0.15) is 0 Å². The van der Waals surface area contributed by atoms with Crippen LogP contribution in [-0.2, 0) is 9.59 Å². The predicted octanol–water partition coefficient (Wildman–Crippen LogP) is 6.66. The van der Waals surface area contributed by atoms with Crippen molar-refractivity contribution in [2.24, 2.45) is 46.3 Å². The van der Waals surface area contributed by atoms with E-state index in [2.05, 4.69) is 20.8 Å². The Hall–Kier alpha value is -1.12. The number of ketones is 1. The Morgan fingerprint density at radius 3 is 2.57 bits per heavy atom. The van der Waals surface area contributed by atoms with Gasteiger partial charge in [-0.15, -0.1) is 0 Å². The van der Waals surface area contributed by atoms with Gasteiger partial charge in [-0.25, -0.2) is 0 Å². The molecule has 30 heavy (non-hydrogen) atoms. The first-order valence-electron chi connectivity index (χ1n) is 12.6. The van der Waals surface area contributed by atoms with Crippen LogP contribution >= 0.6 is 0 Å². The van der Waals surface area contributed by atoms with Crippen LogP contribution in [0.4, 0.5) is 0 Å². The Kier molecular flexibility index (Phi) is 5.96. The molecule has 0 radical (unpaired) electrons. The summed E-state index contributed by atoms with van der Waals surface area (Å²) in [5.41, 5.74) is 2.20. The van der Waals surface area contributed by atoms with E-state index >= 15 is 0 Å². The molecule has 0 aromatic carbocycles. The quantitative estimate of drug-likeness (QED) is 0.528. The van der Waals surface area contributed by atoms with Crippen LogP contribution in [0.1, 0.15) is 98.3 Å². The molecule has 4 aliphatic carbocycles. The standard InChI is InChI=1S/C27H42O3/c1-17(6-5-7-18(2)25(29)30)22-10-11-23-21-9-8-19-16-20(28)12-14-26(19,3)24(21)13-15-27(22,23)4/h16-18,21-24H,5-15H2,1-4H3,(H,29,30)/t17-,18-,21?,22?,23?,24?,26+,27-/m1/s1. The van der Waals surface area contributed by atoms with Crippen molar-refractivity contribution in [3.63, 3.8) is 0 Å². The van der Waals surface area contributed by atoms with E-state index in [0.717, 1.165) is 55.8 Å². The molecular weight excluding hydrogens is 372 g/mol. The van der Waals surface area contributed by atoms with Crippen molar-refractivity contribution < 1.29 is 14.7 Å². The van der Waals surface area contributed by atoms with Gasteiger partial charge >= 0.3 is 5.97 Å². The number of hydrogen-bond acceptors (Lipinski definition) is 2. The minimum Gasteiger partial charge on any atom is -0.481 e. The van der Waals surface area contributed by atoms with Crippen molar-refractivity contribution in [3.05, 3.63) is 11.6 Å². The van der Waals surface area contributed by atoms with Gasteiger partial charge in [0.15, 0.2) is 5.78 Å². The third-order valence-corrected chi connectivity index (χ3v) is 10.4. The van der Waals surface area contributed by atoms with E-state index in [-0.39, 0.29) is 11.3 Å².